The van der Waals surface area contributed by atoms with E-state index in [9.17, 15) is 0 Å². The average Bonchev–Trinajstić information content (AvgIpc) is 0.974. The lowest BCUT2D eigenvalue weighted by atomic mass is 9.89. The lowest BCUT2D eigenvalue weighted by molar-refractivity contribution is 0.578. The predicted molar refractivity (Wildman–Crippen MR) is 347 cm³/mol. The molecule has 0 radical (unpaired) electrons. The van der Waals surface area contributed by atoms with Gasteiger partial charge in [-0.3, -0.25) is 0 Å². The highest BCUT2D eigenvalue weighted by Gasteiger charge is 2.33. The third-order valence-electron chi connectivity index (χ3n) is 16.7. The lowest BCUT2D eigenvalue weighted by Crippen LogP contribution is -2.16. The first-order valence-corrected chi connectivity index (χ1v) is 28.5. The first-order chi connectivity index (χ1) is 41.4. The summed E-state index contributed by atoms with van der Waals surface area (Å²) < 4.78 is 27.0. The van der Waals surface area contributed by atoms with Crippen molar-refractivity contribution >= 4 is 144 Å². The molecule has 0 amide bonds. The molecule has 16 aromatic rings. The van der Waals surface area contributed by atoms with E-state index in [1.165, 1.54) is 0 Å². The molecule has 4 heterocycles. The molecule has 0 unspecified atom stereocenters. The number of aryl methyl sites for hydroxylation is 4. The molecule has 0 saturated heterocycles. The summed E-state index contributed by atoms with van der Waals surface area (Å²) in [7, 11) is 0. The second-order valence-electron chi connectivity index (χ2n) is 21.6. The van der Waals surface area contributed by atoms with E-state index >= 15 is 0 Å². The van der Waals surface area contributed by atoms with E-state index in [1.54, 1.807) is 0 Å². The SMILES string of the molecule is Cc1oc2ccccc2c1N(c1ccccc1)c1cc(N(c2ccccc2)c2c(C)oc3ccccc23)c2ccc3c(N(c4ccccc4)c4c(C)oc5ccccc45)cc(N(c4ccccc4)c4c(C)oc5ccccc45)c4ccc1c2c43. The van der Waals surface area contributed by atoms with E-state index in [0.29, 0.717) is 0 Å². The van der Waals surface area contributed by atoms with Crippen LogP contribution in [-0.2, 0) is 0 Å². The van der Waals surface area contributed by atoms with Crippen LogP contribution in [0.5, 0.6) is 0 Å². The van der Waals surface area contributed by atoms with E-state index in [1.807, 2.05) is 24.3 Å². The summed E-state index contributed by atoms with van der Waals surface area (Å²) in [6.07, 6.45) is 0. The van der Waals surface area contributed by atoms with Gasteiger partial charge >= 0.3 is 0 Å². The highest BCUT2D eigenvalue weighted by atomic mass is 16.3. The molecular weight excluding hydrogens is 1030 g/mol. The van der Waals surface area contributed by atoms with Crippen LogP contribution >= 0.6 is 0 Å². The molecule has 0 atom stereocenters. The summed E-state index contributed by atoms with van der Waals surface area (Å²) in [5.41, 5.74) is 14.9. The molecule has 402 valence electrons. The third kappa shape index (κ3) is 7.54. The van der Waals surface area contributed by atoms with Crippen molar-refractivity contribution in [1.29, 1.82) is 0 Å². The highest BCUT2D eigenvalue weighted by Crippen LogP contribution is 2.58. The zero-order valence-electron chi connectivity index (χ0n) is 46.7. The molecule has 0 aliphatic carbocycles. The molecule has 0 aliphatic heterocycles. The molecule has 0 spiro atoms. The number of anilines is 12. The number of fused-ring (bicyclic) bond motifs is 4. The Balaban J connectivity index is 1.13. The fraction of sp³-hybridized carbons (Fsp3) is 0.0526. The van der Waals surface area contributed by atoms with Gasteiger partial charge in [0.1, 0.15) is 45.4 Å². The Morgan fingerprint density at radius 2 is 0.417 bits per heavy atom. The summed E-state index contributed by atoms with van der Waals surface area (Å²) in [6, 6.07) is 90.5. The van der Waals surface area contributed by atoms with Crippen molar-refractivity contribution in [2.75, 3.05) is 19.6 Å². The summed E-state index contributed by atoms with van der Waals surface area (Å²) in [6.45, 7) is 8.32. The van der Waals surface area contributed by atoms with Crippen molar-refractivity contribution in [1.82, 2.24) is 0 Å². The van der Waals surface area contributed by atoms with E-state index in [-0.39, 0.29) is 0 Å². The quantitative estimate of drug-likeness (QED) is 0.112. The topological polar surface area (TPSA) is 65.5 Å². The summed E-state index contributed by atoms with van der Waals surface area (Å²) in [5.74, 6) is 3.21. The summed E-state index contributed by atoms with van der Waals surface area (Å²) >= 11 is 0. The van der Waals surface area contributed by atoms with Gasteiger partial charge in [-0.05, 0) is 137 Å². The number of nitrogens with zero attached hydrogens (tertiary/aromatic N) is 4. The first-order valence-electron chi connectivity index (χ1n) is 28.5. The van der Waals surface area contributed by atoms with E-state index in [4.69, 9.17) is 17.7 Å². The Kier molecular flexibility index (Phi) is 11.3. The molecule has 8 heteroatoms. The van der Waals surface area contributed by atoms with Gasteiger partial charge in [-0.25, -0.2) is 0 Å². The molecule has 0 bridgehead atoms. The minimum Gasteiger partial charge on any atom is -0.459 e. The number of rotatable bonds is 12. The maximum atomic E-state index is 6.75. The van der Waals surface area contributed by atoms with Crippen LogP contribution in [0.4, 0.5) is 68.2 Å². The minimum atomic E-state index is 0.802. The second-order valence-corrected chi connectivity index (χ2v) is 21.6. The highest BCUT2D eigenvalue weighted by molar-refractivity contribution is 6.33. The first kappa shape index (κ1) is 48.9. The van der Waals surface area contributed by atoms with Crippen LogP contribution in [0.25, 0.3) is 76.2 Å². The molecule has 0 saturated carbocycles. The van der Waals surface area contributed by atoms with Gasteiger partial charge in [0.25, 0.3) is 0 Å². The van der Waals surface area contributed by atoms with Crippen molar-refractivity contribution in [2.45, 2.75) is 27.7 Å². The smallest absolute Gasteiger partial charge is 0.136 e. The van der Waals surface area contributed by atoms with Gasteiger partial charge in [-0.1, -0.05) is 146 Å². The number of para-hydroxylation sites is 8. The molecular formula is C76H54N4O4. The van der Waals surface area contributed by atoms with Crippen molar-refractivity contribution in [3.05, 3.63) is 278 Å². The van der Waals surface area contributed by atoms with Crippen LogP contribution < -0.4 is 19.6 Å². The number of hydrogen-bond donors (Lipinski definition) is 0. The Bertz CT molecular complexity index is 4520. The summed E-state index contributed by atoms with van der Waals surface area (Å²) in [4.78, 5) is 9.65. The monoisotopic (exact) mass is 1090 g/mol. The zero-order chi connectivity index (χ0) is 56.2. The number of hydrogen-bond acceptors (Lipinski definition) is 8. The summed E-state index contributed by atoms with van der Waals surface area (Å²) in [5, 5.41) is 10.4. The van der Waals surface area contributed by atoms with Crippen LogP contribution in [0.2, 0.25) is 0 Å². The Morgan fingerprint density at radius 1 is 0.214 bits per heavy atom. The molecule has 8 nitrogen and oxygen atoms in total. The molecule has 84 heavy (non-hydrogen) atoms. The van der Waals surface area contributed by atoms with Gasteiger partial charge in [-0.2, -0.15) is 0 Å². The molecule has 16 rings (SSSR count). The number of benzene rings is 12. The van der Waals surface area contributed by atoms with Crippen molar-refractivity contribution in [2.24, 2.45) is 0 Å². The van der Waals surface area contributed by atoms with Crippen LogP contribution in [0.1, 0.15) is 23.0 Å². The molecule has 12 aromatic carbocycles. The molecule has 0 aliphatic rings. The molecule has 0 fully saturated rings. The maximum absolute atomic E-state index is 6.75. The largest absolute Gasteiger partial charge is 0.459 e. The minimum absolute atomic E-state index is 0.802. The lowest BCUT2D eigenvalue weighted by Gasteiger charge is -2.34. The fourth-order valence-corrected chi connectivity index (χ4v) is 13.3. The average molecular weight is 1090 g/mol. The van der Waals surface area contributed by atoms with Gasteiger partial charge in [0.15, 0.2) is 0 Å². The van der Waals surface area contributed by atoms with Gasteiger partial charge < -0.3 is 37.3 Å². The van der Waals surface area contributed by atoms with Crippen molar-refractivity contribution in [3.8, 4) is 0 Å². The van der Waals surface area contributed by atoms with Gasteiger partial charge in [-0.15, -0.1) is 0 Å². The van der Waals surface area contributed by atoms with E-state index in [0.717, 1.165) is 167 Å². The Morgan fingerprint density at radius 3 is 0.643 bits per heavy atom. The molecule has 0 N–H and O–H groups in total. The van der Waals surface area contributed by atoms with Gasteiger partial charge in [0.2, 0.25) is 0 Å². The molecule has 4 aromatic heterocycles. The van der Waals surface area contributed by atoms with Gasteiger partial charge in [0, 0.05) is 76.6 Å². The Hall–Kier alpha value is -11.0. The Labute approximate surface area is 484 Å². The van der Waals surface area contributed by atoms with Crippen LogP contribution in [0, 0.1) is 27.7 Å². The van der Waals surface area contributed by atoms with Gasteiger partial charge in [0.05, 0.1) is 45.5 Å². The standard InChI is InChI=1S/C76H54N4O4/c1-47-73(59-33-17-21-37-67(59)81-47)77(51-25-9-5-10-26-51)63-45-64(78(52-27-11-6-12-28-52)74-48(2)82-68-38-22-18-34-60(68)74)56-43-44-58-66(80(54-31-15-8-16-32-54)76-50(4)84-70-40-24-20-36-62(70)76)46-65(57-42-41-55(63)71(56)72(57)58)79(53-29-13-7-14-30-53)75-49(3)83-69-39-23-19-35-61(69)75/h5-46H,1-4H3. The van der Waals surface area contributed by atoms with Crippen molar-refractivity contribution < 1.29 is 17.7 Å². The van der Waals surface area contributed by atoms with Crippen molar-refractivity contribution in [3.63, 3.8) is 0 Å². The predicted octanol–water partition coefficient (Wildman–Crippen LogP) is 22.7. The third-order valence-corrected chi connectivity index (χ3v) is 16.7. The van der Waals surface area contributed by atoms with Crippen LogP contribution in [-0.4, -0.2) is 0 Å². The zero-order valence-corrected chi connectivity index (χ0v) is 46.7. The maximum Gasteiger partial charge on any atom is 0.136 e. The van der Waals surface area contributed by atoms with Crippen LogP contribution in [0.3, 0.4) is 0 Å². The number of furan rings is 4. The normalized spacial score (nSPS) is 11.8. The van der Waals surface area contributed by atoms with Crippen LogP contribution in [0.15, 0.2) is 272 Å². The second kappa shape index (κ2) is 19.4. The van der Waals surface area contributed by atoms with E-state index < -0.39 is 0 Å². The van der Waals surface area contributed by atoms with E-state index in [2.05, 4.69) is 278 Å². The fourth-order valence-electron chi connectivity index (χ4n) is 13.3.